The van der Waals surface area contributed by atoms with Gasteiger partial charge in [0.25, 0.3) is 0 Å². The van der Waals surface area contributed by atoms with Crippen LogP contribution in [0.25, 0.3) is 0 Å². The molecule has 2 aromatic carbocycles. The molecule has 2 aromatic rings. The number of rotatable bonds is 2. The van der Waals surface area contributed by atoms with E-state index >= 15 is 0 Å². The van der Waals surface area contributed by atoms with Gasteiger partial charge in [-0.05, 0) is 36.4 Å². The minimum atomic E-state index is -4.46. The van der Waals surface area contributed by atoms with Crippen molar-refractivity contribution in [2.24, 2.45) is 0 Å². The molecule has 0 bridgehead atoms. The Kier molecular flexibility index (Phi) is 4.31. The van der Waals surface area contributed by atoms with Crippen molar-refractivity contribution in [1.82, 2.24) is 0 Å². The molecule has 0 unspecified atom stereocenters. The summed E-state index contributed by atoms with van der Waals surface area (Å²) in [7, 11) is 0. The van der Waals surface area contributed by atoms with E-state index in [0.29, 0.717) is 5.69 Å². The van der Waals surface area contributed by atoms with Crippen LogP contribution in [0.5, 0.6) is 0 Å². The third kappa shape index (κ3) is 3.60. The topological polar surface area (TPSA) is 35.8 Å². The van der Waals surface area contributed by atoms with Crippen molar-refractivity contribution in [3.8, 4) is 6.07 Å². The summed E-state index contributed by atoms with van der Waals surface area (Å²) in [6, 6.07) is 9.30. The summed E-state index contributed by atoms with van der Waals surface area (Å²) in [5.74, 6) is 0. The van der Waals surface area contributed by atoms with Gasteiger partial charge in [0.1, 0.15) is 6.07 Å². The van der Waals surface area contributed by atoms with Crippen molar-refractivity contribution in [2.75, 3.05) is 5.32 Å². The lowest BCUT2D eigenvalue weighted by Crippen LogP contribution is -2.05. The summed E-state index contributed by atoms with van der Waals surface area (Å²) in [5.41, 5.74) is -0.000937. The molecule has 0 saturated heterocycles. The maximum absolute atomic E-state index is 12.7. The van der Waals surface area contributed by atoms with Crippen molar-refractivity contribution < 1.29 is 13.2 Å². The van der Waals surface area contributed by atoms with Crippen LogP contribution in [-0.4, -0.2) is 0 Å². The summed E-state index contributed by atoms with van der Waals surface area (Å²) in [4.78, 5) is 0. The number of hydrogen-bond acceptors (Lipinski definition) is 2. The quantitative estimate of drug-likeness (QED) is 0.774. The molecule has 0 aliphatic heterocycles. The molecule has 108 valence electrons. The highest BCUT2D eigenvalue weighted by atomic mass is 35.5. The molecule has 0 fully saturated rings. The van der Waals surface area contributed by atoms with Crippen LogP contribution < -0.4 is 5.32 Å². The van der Waals surface area contributed by atoms with Gasteiger partial charge in [-0.15, -0.1) is 0 Å². The van der Waals surface area contributed by atoms with Gasteiger partial charge in [0, 0.05) is 5.69 Å². The Balaban J connectivity index is 2.35. The second kappa shape index (κ2) is 5.84. The fourth-order valence-electron chi connectivity index (χ4n) is 1.64. The Bertz CT molecular complexity index is 721. The Morgan fingerprint density at radius 3 is 2.29 bits per heavy atom. The molecule has 21 heavy (non-hydrogen) atoms. The highest BCUT2D eigenvalue weighted by Crippen LogP contribution is 2.35. The number of halogens is 5. The highest BCUT2D eigenvalue weighted by molar-refractivity contribution is 6.33. The van der Waals surface area contributed by atoms with Crippen LogP contribution in [0.1, 0.15) is 11.1 Å². The summed E-state index contributed by atoms with van der Waals surface area (Å²) in [6.45, 7) is 0. The number of nitrogens with one attached hydrogen (secondary N) is 1. The maximum Gasteiger partial charge on any atom is 0.416 e. The minimum absolute atomic E-state index is 0.104. The fourth-order valence-corrected chi connectivity index (χ4v) is 2.02. The molecule has 0 aromatic heterocycles. The lowest BCUT2D eigenvalue weighted by atomic mass is 10.1. The third-order valence-corrected chi connectivity index (χ3v) is 3.30. The molecule has 0 radical (unpaired) electrons. The monoisotopic (exact) mass is 330 g/mol. The molecule has 0 heterocycles. The molecule has 0 aliphatic carbocycles. The average molecular weight is 331 g/mol. The number of hydrogen-bond donors (Lipinski definition) is 1. The van der Waals surface area contributed by atoms with Crippen molar-refractivity contribution >= 4 is 34.6 Å². The van der Waals surface area contributed by atoms with E-state index in [9.17, 15) is 13.2 Å². The molecule has 0 amide bonds. The lowest BCUT2D eigenvalue weighted by Gasteiger charge is -2.12. The highest BCUT2D eigenvalue weighted by Gasteiger charge is 2.30. The van der Waals surface area contributed by atoms with Gasteiger partial charge in [-0.2, -0.15) is 18.4 Å². The average Bonchev–Trinajstić information content (AvgIpc) is 2.40. The van der Waals surface area contributed by atoms with Gasteiger partial charge in [0.05, 0.1) is 26.9 Å². The second-order valence-corrected chi connectivity index (χ2v) is 4.94. The first-order valence-corrected chi connectivity index (χ1v) is 6.40. The van der Waals surface area contributed by atoms with E-state index in [1.165, 1.54) is 18.2 Å². The number of anilines is 2. The number of alkyl halides is 3. The normalized spacial score (nSPS) is 11.0. The molecular weight excluding hydrogens is 324 g/mol. The first-order chi connectivity index (χ1) is 9.81. The summed E-state index contributed by atoms with van der Waals surface area (Å²) < 4.78 is 38.0. The molecule has 1 N–H and O–H groups in total. The van der Waals surface area contributed by atoms with Crippen LogP contribution >= 0.6 is 23.2 Å². The van der Waals surface area contributed by atoms with Gasteiger partial charge in [-0.1, -0.05) is 23.2 Å². The zero-order valence-electron chi connectivity index (χ0n) is 10.3. The molecule has 0 spiro atoms. The van der Waals surface area contributed by atoms with Gasteiger partial charge in [0.2, 0.25) is 0 Å². The van der Waals surface area contributed by atoms with E-state index in [0.717, 1.165) is 18.2 Å². The fraction of sp³-hybridized carbons (Fsp3) is 0.0714. The molecule has 7 heteroatoms. The molecule has 0 aliphatic rings. The molecule has 2 rings (SSSR count). The third-order valence-electron chi connectivity index (χ3n) is 2.66. The van der Waals surface area contributed by atoms with Crippen molar-refractivity contribution in [1.29, 1.82) is 5.26 Å². The van der Waals surface area contributed by atoms with E-state index in [1.54, 1.807) is 0 Å². The van der Waals surface area contributed by atoms with Gasteiger partial charge in [-0.25, -0.2) is 0 Å². The largest absolute Gasteiger partial charge is 0.416 e. The van der Waals surface area contributed by atoms with Crippen LogP contribution in [0, 0.1) is 11.3 Å². The summed E-state index contributed by atoms with van der Waals surface area (Å²) in [5, 5.41) is 11.9. The first kappa shape index (κ1) is 15.5. The standard InChI is InChI=1S/C14H7Cl2F3N2/c15-11-4-2-9(14(17,18)19)5-13(11)21-10-3-1-8(7-20)12(16)6-10/h1-6,21H. The van der Waals surface area contributed by atoms with Gasteiger partial charge in [-0.3, -0.25) is 0 Å². The molecular formula is C14H7Cl2F3N2. The minimum Gasteiger partial charge on any atom is -0.354 e. The number of benzene rings is 2. The maximum atomic E-state index is 12.7. The Morgan fingerprint density at radius 1 is 1.00 bits per heavy atom. The Morgan fingerprint density at radius 2 is 1.71 bits per heavy atom. The number of nitriles is 1. The lowest BCUT2D eigenvalue weighted by molar-refractivity contribution is -0.137. The van der Waals surface area contributed by atoms with Crippen molar-refractivity contribution in [2.45, 2.75) is 6.18 Å². The summed E-state index contributed by atoms with van der Waals surface area (Å²) >= 11 is 11.7. The Labute approximate surface area is 128 Å². The van der Waals surface area contributed by atoms with Gasteiger partial charge < -0.3 is 5.32 Å². The SMILES string of the molecule is N#Cc1ccc(Nc2cc(C(F)(F)F)ccc2Cl)cc1Cl. The van der Waals surface area contributed by atoms with Crippen LogP contribution in [0.3, 0.4) is 0 Å². The first-order valence-electron chi connectivity index (χ1n) is 5.64. The van der Waals surface area contributed by atoms with E-state index in [1.807, 2.05) is 6.07 Å². The van der Waals surface area contributed by atoms with E-state index in [-0.39, 0.29) is 21.3 Å². The van der Waals surface area contributed by atoms with Gasteiger partial charge in [0.15, 0.2) is 0 Å². The van der Waals surface area contributed by atoms with Crippen LogP contribution in [0.15, 0.2) is 36.4 Å². The van der Waals surface area contributed by atoms with Crippen LogP contribution in [0.2, 0.25) is 10.0 Å². The van der Waals surface area contributed by atoms with E-state index < -0.39 is 11.7 Å². The molecule has 0 saturated carbocycles. The zero-order valence-corrected chi connectivity index (χ0v) is 11.8. The van der Waals surface area contributed by atoms with E-state index in [4.69, 9.17) is 28.5 Å². The van der Waals surface area contributed by atoms with Crippen LogP contribution in [0.4, 0.5) is 24.5 Å². The molecule has 0 atom stereocenters. The zero-order chi connectivity index (χ0) is 15.6. The van der Waals surface area contributed by atoms with E-state index in [2.05, 4.69) is 5.32 Å². The smallest absolute Gasteiger partial charge is 0.354 e. The number of nitrogens with zero attached hydrogens (tertiary/aromatic N) is 1. The predicted molar refractivity (Wildman–Crippen MR) is 75.9 cm³/mol. The van der Waals surface area contributed by atoms with Crippen molar-refractivity contribution in [3.05, 3.63) is 57.6 Å². The van der Waals surface area contributed by atoms with Crippen LogP contribution in [-0.2, 0) is 6.18 Å². The molecule has 2 nitrogen and oxygen atoms in total. The van der Waals surface area contributed by atoms with Crippen molar-refractivity contribution in [3.63, 3.8) is 0 Å². The Hall–Kier alpha value is -1.90. The van der Waals surface area contributed by atoms with Gasteiger partial charge >= 0.3 is 6.18 Å². The second-order valence-electron chi connectivity index (χ2n) is 4.12. The summed E-state index contributed by atoms with van der Waals surface area (Å²) in [6.07, 6.45) is -4.46. The predicted octanol–water partition coefficient (Wildman–Crippen LogP) is 5.63.